The fraction of sp³-hybridized carbons (Fsp3) is 0.0270. The summed E-state index contributed by atoms with van der Waals surface area (Å²) in [5, 5.41) is 2.44. The molecule has 2 atom stereocenters. The lowest BCUT2D eigenvalue weighted by atomic mass is 9.82. The summed E-state index contributed by atoms with van der Waals surface area (Å²) in [6.07, 6.45) is 15.7. The molecule has 0 radical (unpaired) electrons. The summed E-state index contributed by atoms with van der Waals surface area (Å²) in [6, 6.07) is 101. The van der Waals surface area contributed by atoms with Gasteiger partial charge in [-0.25, -0.2) is 0 Å². The smallest absolute Gasteiger partial charge is 0.0540 e. The van der Waals surface area contributed by atoms with E-state index in [0.717, 1.165) is 45.5 Å². The number of allylic oxidation sites excluding steroid dienone is 7. The van der Waals surface area contributed by atoms with Crippen molar-refractivity contribution in [1.29, 1.82) is 0 Å². The molecule has 0 aromatic heterocycles. The van der Waals surface area contributed by atoms with Crippen molar-refractivity contribution in [1.82, 2.24) is 0 Å². The Morgan fingerprint density at radius 2 is 0.558 bits per heavy atom. The summed E-state index contributed by atoms with van der Waals surface area (Å²) < 4.78 is 0. The number of nitrogens with zero attached hydrogens (tertiary/aromatic N) is 3. The lowest BCUT2D eigenvalue weighted by molar-refractivity contribution is 0.612. The molecule has 0 saturated carbocycles. The van der Waals surface area contributed by atoms with Gasteiger partial charge in [-0.1, -0.05) is 225 Å². The molecule has 11 aromatic rings. The van der Waals surface area contributed by atoms with E-state index in [4.69, 9.17) is 0 Å². The zero-order valence-electron chi connectivity index (χ0n) is 42.6. The van der Waals surface area contributed by atoms with Gasteiger partial charge in [0.25, 0.3) is 0 Å². The topological polar surface area (TPSA) is 9.72 Å². The van der Waals surface area contributed by atoms with Crippen molar-refractivity contribution in [2.24, 2.45) is 11.8 Å². The summed E-state index contributed by atoms with van der Waals surface area (Å²) in [4.78, 5) is 7.08. The molecule has 0 fully saturated rings. The predicted octanol–water partition coefficient (Wildman–Crippen LogP) is 20.4. The van der Waals surface area contributed by atoms with E-state index in [9.17, 15) is 0 Å². The van der Waals surface area contributed by atoms with Crippen LogP contribution in [0.1, 0.15) is 0 Å². The SMILES string of the molecule is C1=CC2C=CC=C(N(c3ccccc3)c3ccc(-c4ccc(-c5ccc(N(c6ccccc6)c6ccc(-c7ccc(-c8ccc(N(c9ccccc9)c9cccc%10ccccc9%10)cc8)cc7)cc6)cc5)cc4)cc3)C2C=C1. The minimum absolute atomic E-state index is 0.286. The van der Waals surface area contributed by atoms with Crippen LogP contribution in [0.2, 0.25) is 0 Å². The first kappa shape index (κ1) is 46.8. The van der Waals surface area contributed by atoms with Crippen molar-refractivity contribution in [3.05, 3.63) is 327 Å². The van der Waals surface area contributed by atoms with Gasteiger partial charge >= 0.3 is 0 Å². The van der Waals surface area contributed by atoms with Crippen LogP contribution >= 0.6 is 0 Å². The number of para-hydroxylation sites is 3. The molecule has 0 aliphatic heterocycles. The van der Waals surface area contributed by atoms with Gasteiger partial charge in [0.05, 0.1) is 5.69 Å². The highest BCUT2D eigenvalue weighted by Crippen LogP contribution is 2.43. The summed E-state index contributed by atoms with van der Waals surface area (Å²) >= 11 is 0. The van der Waals surface area contributed by atoms with Crippen LogP contribution in [0.5, 0.6) is 0 Å². The Morgan fingerprint density at radius 3 is 1.03 bits per heavy atom. The van der Waals surface area contributed by atoms with Crippen molar-refractivity contribution < 1.29 is 0 Å². The lowest BCUT2D eigenvalue weighted by Gasteiger charge is -2.36. The monoisotopic (exact) mass is 985 g/mol. The largest absolute Gasteiger partial charge is 0.314 e. The maximum Gasteiger partial charge on any atom is 0.0540 e. The maximum absolute atomic E-state index is 2.41. The number of hydrogen-bond donors (Lipinski definition) is 0. The Kier molecular flexibility index (Phi) is 12.8. The average Bonchev–Trinajstić information content (AvgIpc) is 3.51. The molecule has 2 unspecified atom stereocenters. The second-order valence-corrected chi connectivity index (χ2v) is 19.7. The van der Waals surface area contributed by atoms with Crippen LogP contribution in [0.25, 0.3) is 55.3 Å². The second-order valence-electron chi connectivity index (χ2n) is 19.7. The molecule has 366 valence electrons. The Balaban J connectivity index is 0.709. The summed E-state index contributed by atoms with van der Waals surface area (Å²) in [5.74, 6) is 0.644. The van der Waals surface area contributed by atoms with Crippen LogP contribution in [0.3, 0.4) is 0 Å². The van der Waals surface area contributed by atoms with E-state index in [0.29, 0.717) is 5.92 Å². The zero-order chi connectivity index (χ0) is 51.3. The van der Waals surface area contributed by atoms with E-state index < -0.39 is 0 Å². The van der Waals surface area contributed by atoms with Gasteiger partial charge in [-0.2, -0.15) is 0 Å². The number of anilines is 8. The van der Waals surface area contributed by atoms with E-state index >= 15 is 0 Å². The zero-order valence-corrected chi connectivity index (χ0v) is 42.6. The van der Waals surface area contributed by atoms with Crippen molar-refractivity contribution in [3.63, 3.8) is 0 Å². The van der Waals surface area contributed by atoms with Gasteiger partial charge in [-0.05, 0) is 147 Å². The molecular formula is C74H55N3. The highest BCUT2D eigenvalue weighted by atomic mass is 15.2. The Bertz CT molecular complexity index is 3910. The van der Waals surface area contributed by atoms with Crippen LogP contribution in [-0.2, 0) is 0 Å². The predicted molar refractivity (Wildman–Crippen MR) is 326 cm³/mol. The van der Waals surface area contributed by atoms with Gasteiger partial charge in [0.2, 0.25) is 0 Å². The normalized spacial score (nSPS) is 14.4. The molecule has 3 nitrogen and oxygen atoms in total. The Labute approximate surface area is 452 Å². The molecule has 77 heavy (non-hydrogen) atoms. The van der Waals surface area contributed by atoms with Gasteiger partial charge in [-0.15, -0.1) is 0 Å². The first-order valence-electron chi connectivity index (χ1n) is 26.6. The Morgan fingerprint density at radius 1 is 0.234 bits per heavy atom. The van der Waals surface area contributed by atoms with Crippen LogP contribution in [0, 0.1) is 11.8 Å². The van der Waals surface area contributed by atoms with E-state index in [1.165, 1.54) is 61.0 Å². The first-order chi connectivity index (χ1) is 38.2. The van der Waals surface area contributed by atoms with E-state index in [1.54, 1.807) is 0 Å². The van der Waals surface area contributed by atoms with E-state index in [1.807, 2.05) is 0 Å². The molecule has 13 rings (SSSR count). The quantitative estimate of drug-likeness (QED) is 0.114. The first-order valence-corrected chi connectivity index (χ1v) is 26.6. The van der Waals surface area contributed by atoms with Crippen molar-refractivity contribution in [2.45, 2.75) is 0 Å². The van der Waals surface area contributed by atoms with Crippen LogP contribution < -0.4 is 14.7 Å². The lowest BCUT2D eigenvalue weighted by Crippen LogP contribution is -2.27. The van der Waals surface area contributed by atoms with Crippen molar-refractivity contribution in [2.75, 3.05) is 14.7 Å². The summed E-state index contributed by atoms with van der Waals surface area (Å²) in [7, 11) is 0. The molecule has 0 amide bonds. The summed E-state index contributed by atoms with van der Waals surface area (Å²) in [6.45, 7) is 0. The minimum atomic E-state index is 0.286. The maximum atomic E-state index is 2.41. The van der Waals surface area contributed by atoms with Crippen LogP contribution in [0.4, 0.5) is 45.5 Å². The molecule has 2 aliphatic carbocycles. The van der Waals surface area contributed by atoms with Gasteiger partial charge in [0.1, 0.15) is 0 Å². The van der Waals surface area contributed by atoms with Crippen LogP contribution in [-0.4, -0.2) is 0 Å². The fourth-order valence-corrected chi connectivity index (χ4v) is 11.1. The third-order valence-corrected chi connectivity index (χ3v) is 15.0. The standard InChI is InChI=1S/C74H55N3/c1-4-20-64(21-5-1)75(67-46-38-58(39-47-67)54-30-34-56(35-31-54)60-42-50-69(51-43-60)76(65-22-6-2-7-23-65)73-28-14-18-62-16-10-12-26-71(62)73)68-48-40-59(41-49-68)55-32-36-57(37-33-55)61-44-52-70(53-45-61)77(66-24-8-3-9-25-66)74-29-15-19-63-17-11-13-27-72(63)74/h1-53,62,71H. The molecule has 2 aliphatic rings. The number of benzene rings is 11. The third kappa shape index (κ3) is 9.59. The van der Waals surface area contributed by atoms with Gasteiger partial charge < -0.3 is 14.7 Å². The molecule has 11 aromatic carbocycles. The highest BCUT2D eigenvalue weighted by molar-refractivity contribution is 5.99. The van der Waals surface area contributed by atoms with E-state index in [2.05, 4.69) is 336 Å². The second kappa shape index (κ2) is 21.1. The third-order valence-electron chi connectivity index (χ3n) is 15.0. The van der Waals surface area contributed by atoms with Gasteiger partial charge in [0, 0.05) is 62.7 Å². The molecule has 0 N–H and O–H groups in total. The fourth-order valence-electron chi connectivity index (χ4n) is 11.1. The molecule has 0 saturated heterocycles. The molecule has 0 spiro atoms. The van der Waals surface area contributed by atoms with Gasteiger partial charge in [0.15, 0.2) is 0 Å². The van der Waals surface area contributed by atoms with Gasteiger partial charge in [-0.3, -0.25) is 0 Å². The number of hydrogen-bond acceptors (Lipinski definition) is 3. The highest BCUT2D eigenvalue weighted by Gasteiger charge is 2.28. The molecular weight excluding hydrogens is 931 g/mol. The molecule has 0 heterocycles. The van der Waals surface area contributed by atoms with Crippen molar-refractivity contribution in [3.8, 4) is 44.5 Å². The average molecular weight is 986 g/mol. The molecule has 0 bridgehead atoms. The summed E-state index contributed by atoms with van der Waals surface area (Å²) in [5.41, 5.74) is 19.7. The van der Waals surface area contributed by atoms with Crippen molar-refractivity contribution >= 4 is 56.3 Å². The number of rotatable bonds is 13. The van der Waals surface area contributed by atoms with E-state index in [-0.39, 0.29) is 5.92 Å². The van der Waals surface area contributed by atoms with Crippen LogP contribution in [0.15, 0.2) is 327 Å². The minimum Gasteiger partial charge on any atom is -0.314 e. The number of fused-ring (bicyclic) bond motifs is 2. The molecule has 3 heteroatoms. The Hall–Kier alpha value is -9.96.